The first-order valence-corrected chi connectivity index (χ1v) is 6.32. The lowest BCUT2D eigenvalue weighted by Crippen LogP contribution is -2.28. The number of fused-ring (bicyclic) bond motifs is 1. The molecule has 112 valence electrons. The number of alkyl carbamates (subject to hydrolysis) is 1. The largest absolute Gasteiger partial charge is 0.447 e. The van der Waals surface area contributed by atoms with E-state index in [1.165, 1.54) is 0 Å². The van der Waals surface area contributed by atoms with Gasteiger partial charge in [-0.3, -0.25) is 0 Å². The van der Waals surface area contributed by atoms with Crippen LogP contribution in [0.25, 0.3) is 10.9 Å². The van der Waals surface area contributed by atoms with Crippen LogP contribution in [-0.2, 0) is 17.6 Å². The maximum Gasteiger partial charge on any atom is 0.407 e. The van der Waals surface area contributed by atoms with Gasteiger partial charge in [-0.1, -0.05) is 6.04 Å². The quantitative estimate of drug-likeness (QED) is 0.887. The van der Waals surface area contributed by atoms with Crippen molar-refractivity contribution in [3.63, 3.8) is 0 Å². The van der Waals surface area contributed by atoms with E-state index in [-0.39, 0.29) is 53.1 Å². The molecular weight excluding hydrogens is 266 g/mol. The summed E-state index contributed by atoms with van der Waals surface area (Å²) in [6.07, 6.45) is -1.85. The van der Waals surface area contributed by atoms with Gasteiger partial charge in [0.1, 0.15) is 6.56 Å². The highest BCUT2D eigenvalue weighted by Gasteiger charge is 2.22. The van der Waals surface area contributed by atoms with Crippen molar-refractivity contribution in [3.8, 4) is 0 Å². The van der Waals surface area contributed by atoms with Gasteiger partial charge in [0.05, 0.1) is 14.3 Å². The number of rotatable bonds is 5. The number of hydrogen-bond acceptors (Lipinski definition) is 3. The number of ether oxygens (including phenoxy) is 1. The number of likely N-dealkylation sites (N-methyl/N-ethyl adjacent to an activating group) is 1. The Bertz CT molecular complexity index is 1080. The van der Waals surface area contributed by atoms with E-state index in [9.17, 15) is 4.79 Å². The van der Waals surface area contributed by atoms with Crippen molar-refractivity contribution in [2.75, 3.05) is 27.1 Å². The third kappa shape index (κ3) is 3.19. The topological polar surface area (TPSA) is 57.4 Å². The molecular formula is C16H21N3O2. The summed E-state index contributed by atoms with van der Waals surface area (Å²) >= 11 is 0. The molecule has 0 radical (unpaired) electrons. The monoisotopic (exact) mass is 299 g/mol. The maximum absolute atomic E-state index is 11.4. The highest BCUT2D eigenvalue weighted by Crippen LogP contribution is 2.21. The van der Waals surface area contributed by atoms with Gasteiger partial charge in [-0.2, -0.15) is 0 Å². The SMILES string of the molecule is [2H]c1[nH]c2c([2H])c([2H])c(C[C@@H]3NC(=O)OC3([2H])[2H])c([2H])c2c1CCN(C([2H])([2H])[2H])C([2H])([2H])[2H]. The van der Waals surface area contributed by atoms with E-state index in [2.05, 4.69) is 15.0 Å². The summed E-state index contributed by atoms with van der Waals surface area (Å²) < 4.78 is 98.3. The van der Waals surface area contributed by atoms with Crippen LogP contribution in [0.1, 0.15) is 27.6 Å². The number of aromatic amines is 1. The van der Waals surface area contributed by atoms with Gasteiger partial charge in [0.25, 0.3) is 0 Å². The van der Waals surface area contributed by atoms with E-state index in [1.807, 2.05) is 0 Å². The van der Waals surface area contributed by atoms with Crippen LogP contribution < -0.4 is 5.32 Å². The minimum atomic E-state index is -2.93. The number of nitrogens with zero attached hydrogens (tertiary/aromatic N) is 1. The lowest BCUT2D eigenvalue weighted by atomic mass is 10.0. The number of H-pyrrole nitrogens is 1. The van der Waals surface area contributed by atoms with Crippen LogP contribution >= 0.6 is 0 Å². The Labute approximate surface area is 141 Å². The molecule has 0 saturated carbocycles. The summed E-state index contributed by atoms with van der Waals surface area (Å²) in [6.45, 7) is -8.77. The first-order valence-electron chi connectivity index (χ1n) is 12.3. The molecule has 0 spiro atoms. The predicted molar refractivity (Wildman–Crippen MR) is 82.5 cm³/mol. The Morgan fingerprint density at radius 3 is 3.24 bits per heavy atom. The molecule has 5 heteroatoms. The molecule has 1 fully saturated rings. The molecule has 1 atom stereocenters. The predicted octanol–water partition coefficient (Wildman–Crippen LogP) is 1.92. The van der Waals surface area contributed by atoms with Crippen molar-refractivity contribution >= 4 is 17.0 Å². The summed E-state index contributed by atoms with van der Waals surface area (Å²) in [7, 11) is 0. The van der Waals surface area contributed by atoms with Gasteiger partial charge in [-0.15, -0.1) is 0 Å². The van der Waals surface area contributed by atoms with Gasteiger partial charge in [0.2, 0.25) is 0 Å². The van der Waals surface area contributed by atoms with E-state index in [0.717, 1.165) is 0 Å². The van der Waals surface area contributed by atoms with Crippen molar-refractivity contribution in [2.45, 2.75) is 18.9 Å². The molecule has 1 aromatic carbocycles. The van der Waals surface area contributed by atoms with E-state index < -0.39 is 45.2 Å². The molecule has 1 aliphatic rings. The van der Waals surface area contributed by atoms with E-state index >= 15 is 0 Å². The van der Waals surface area contributed by atoms with Crippen molar-refractivity contribution in [1.82, 2.24) is 15.2 Å². The molecule has 1 saturated heterocycles. The van der Waals surface area contributed by atoms with Crippen LogP contribution in [0.2, 0.25) is 0 Å². The Morgan fingerprint density at radius 2 is 2.48 bits per heavy atom. The minimum Gasteiger partial charge on any atom is -0.447 e. The highest BCUT2D eigenvalue weighted by atomic mass is 16.6. The first-order chi connectivity index (χ1) is 14.9. The Morgan fingerprint density at radius 1 is 1.57 bits per heavy atom. The standard InChI is InChI=1S/C16H21N3O2/c1-19(2)6-5-12-9-17-15-4-3-11(8-14(12)15)7-13-10-21-16(20)18-13/h3-4,8-9,13,17H,5-7,10H2,1-2H3,(H,18,20)/t13-/m0/s1/i1D3,2D3,3D,4D,8D,9D,10D2. The molecule has 0 unspecified atom stereocenters. The van der Waals surface area contributed by atoms with E-state index in [0.29, 0.717) is 4.90 Å². The number of aromatic nitrogens is 1. The number of cyclic esters (lactones) is 1. The zero-order valence-corrected chi connectivity index (χ0v) is 11.0. The first kappa shape index (κ1) is 5.65. The Kier molecular flexibility index (Phi) is 1.55. The molecule has 0 bridgehead atoms. The number of benzene rings is 1. The third-order valence-corrected chi connectivity index (χ3v) is 3.08. The third-order valence-electron chi connectivity index (χ3n) is 3.08. The molecule has 1 aliphatic heterocycles. The van der Waals surface area contributed by atoms with Crippen molar-refractivity contribution in [1.29, 1.82) is 0 Å². The average Bonchev–Trinajstić information content (AvgIpc) is 3.09. The zero-order valence-electron chi connectivity index (χ0n) is 23.0. The van der Waals surface area contributed by atoms with Gasteiger partial charge >= 0.3 is 6.09 Å². The van der Waals surface area contributed by atoms with Crippen molar-refractivity contribution in [3.05, 3.63) is 35.4 Å². The smallest absolute Gasteiger partial charge is 0.407 e. The number of carbonyl (C=O) groups excluding carboxylic acids is 1. The summed E-state index contributed by atoms with van der Waals surface area (Å²) in [5.74, 6) is 0. The van der Waals surface area contributed by atoms with Crippen molar-refractivity contribution < 1.29 is 26.0 Å². The second-order valence-electron chi connectivity index (χ2n) is 4.64. The lowest BCUT2D eigenvalue weighted by molar-refractivity contribution is 0.177. The fourth-order valence-corrected chi connectivity index (χ4v) is 2.10. The summed E-state index contributed by atoms with van der Waals surface area (Å²) in [5, 5.41) is 2.31. The second-order valence-corrected chi connectivity index (χ2v) is 4.64. The van der Waals surface area contributed by atoms with Crippen LogP contribution in [0.15, 0.2) is 24.3 Å². The maximum atomic E-state index is 11.4. The fraction of sp³-hybridized carbons (Fsp3) is 0.438. The van der Waals surface area contributed by atoms with Crippen molar-refractivity contribution in [2.24, 2.45) is 0 Å². The average molecular weight is 299 g/mol. The summed E-state index contributed by atoms with van der Waals surface area (Å²) in [4.78, 5) is 14.4. The molecule has 21 heavy (non-hydrogen) atoms. The molecule has 2 N–H and O–H groups in total. The lowest BCUT2D eigenvalue weighted by Gasteiger charge is -2.09. The van der Waals surface area contributed by atoms with Crippen LogP contribution in [0.5, 0.6) is 0 Å². The van der Waals surface area contributed by atoms with Crippen LogP contribution in [0, 0.1) is 0 Å². The van der Waals surface area contributed by atoms with Gasteiger partial charge in [-0.05, 0) is 50.0 Å². The molecule has 2 heterocycles. The summed E-state index contributed by atoms with van der Waals surface area (Å²) in [6, 6.07) is -2.30. The minimum absolute atomic E-state index is 0.0159. The van der Waals surface area contributed by atoms with Gasteiger partial charge in [0, 0.05) is 31.8 Å². The van der Waals surface area contributed by atoms with Crippen LogP contribution in [0.4, 0.5) is 4.79 Å². The Balaban J connectivity index is 2.06. The van der Waals surface area contributed by atoms with E-state index in [4.69, 9.17) is 16.4 Å². The normalized spacial score (nSPS) is 30.1. The molecule has 1 amide bonds. The number of carbonyl (C=O) groups is 1. The molecule has 2 aromatic rings. The van der Waals surface area contributed by atoms with Gasteiger partial charge in [0.15, 0.2) is 0 Å². The molecule has 0 aliphatic carbocycles. The van der Waals surface area contributed by atoms with E-state index in [1.54, 1.807) is 0 Å². The van der Waals surface area contributed by atoms with Crippen LogP contribution in [0.3, 0.4) is 0 Å². The molecule has 3 rings (SSSR count). The molecule has 1 aromatic heterocycles. The zero-order chi connectivity index (χ0) is 25.1. The number of amides is 1. The fourth-order valence-electron chi connectivity index (χ4n) is 2.10. The number of nitrogens with one attached hydrogen (secondary N) is 2. The molecule has 5 nitrogen and oxygen atoms in total. The summed E-state index contributed by atoms with van der Waals surface area (Å²) in [5.41, 5.74) is 0.00618. The van der Waals surface area contributed by atoms with Crippen LogP contribution in [-0.4, -0.2) is 49.1 Å². The second kappa shape index (κ2) is 5.77. The number of hydrogen-bond donors (Lipinski definition) is 2. The highest BCUT2D eigenvalue weighted by molar-refractivity contribution is 5.84. The van der Waals surface area contributed by atoms with Gasteiger partial charge in [-0.25, -0.2) is 4.79 Å². The Hall–Kier alpha value is -2.01. The van der Waals surface area contributed by atoms with Gasteiger partial charge < -0.3 is 19.9 Å².